The van der Waals surface area contributed by atoms with Crippen molar-refractivity contribution in [1.29, 1.82) is 0 Å². The quantitative estimate of drug-likeness (QED) is 0.709. The number of para-hydroxylation sites is 1. The highest BCUT2D eigenvalue weighted by Crippen LogP contribution is 2.45. The first-order valence-corrected chi connectivity index (χ1v) is 8.40. The van der Waals surface area contributed by atoms with Gasteiger partial charge in [0.05, 0.1) is 6.16 Å². The van der Waals surface area contributed by atoms with Crippen LogP contribution >= 0.6 is 7.60 Å². The zero-order chi connectivity index (χ0) is 13.4. The molecule has 3 nitrogen and oxygen atoms in total. The van der Waals surface area contributed by atoms with Crippen LogP contribution in [0.25, 0.3) is 0 Å². The molecule has 2 unspecified atom stereocenters. The van der Waals surface area contributed by atoms with E-state index >= 15 is 0 Å². The van der Waals surface area contributed by atoms with Crippen molar-refractivity contribution in [1.82, 2.24) is 0 Å². The van der Waals surface area contributed by atoms with Gasteiger partial charge in [0.25, 0.3) is 0 Å². The van der Waals surface area contributed by atoms with Crippen LogP contribution in [0, 0.1) is 5.92 Å². The molecule has 0 heterocycles. The van der Waals surface area contributed by atoms with E-state index in [4.69, 9.17) is 4.52 Å². The summed E-state index contributed by atoms with van der Waals surface area (Å²) in [4.78, 5) is 9.90. The van der Waals surface area contributed by atoms with Crippen LogP contribution in [0.15, 0.2) is 30.3 Å². The van der Waals surface area contributed by atoms with Gasteiger partial charge >= 0.3 is 7.60 Å². The number of hydrogen-bond acceptors (Lipinski definition) is 2. The van der Waals surface area contributed by atoms with Crippen LogP contribution in [0.1, 0.15) is 39.5 Å². The van der Waals surface area contributed by atoms with Gasteiger partial charge in [-0.15, -0.1) is 0 Å². The third-order valence-corrected chi connectivity index (χ3v) is 4.50. The van der Waals surface area contributed by atoms with Crippen molar-refractivity contribution in [3.63, 3.8) is 0 Å². The van der Waals surface area contributed by atoms with Gasteiger partial charge in [0.2, 0.25) is 0 Å². The van der Waals surface area contributed by atoms with E-state index in [2.05, 4.69) is 13.8 Å². The van der Waals surface area contributed by atoms with Crippen molar-refractivity contribution in [3.8, 4) is 5.75 Å². The first-order valence-electron chi connectivity index (χ1n) is 6.64. The molecule has 0 amide bonds. The molecule has 2 atom stereocenters. The Morgan fingerprint density at radius 2 is 1.94 bits per heavy atom. The number of unbranched alkanes of at least 4 members (excludes halogenated alkanes) is 1. The van der Waals surface area contributed by atoms with Gasteiger partial charge in [-0.05, 0) is 24.5 Å². The molecule has 0 aliphatic heterocycles. The van der Waals surface area contributed by atoms with E-state index < -0.39 is 7.60 Å². The summed E-state index contributed by atoms with van der Waals surface area (Å²) in [6, 6.07) is 8.85. The average Bonchev–Trinajstić information content (AvgIpc) is 2.35. The molecular weight excluding hydrogens is 247 g/mol. The lowest BCUT2D eigenvalue weighted by molar-refractivity contribution is 0.360. The minimum Gasteiger partial charge on any atom is -0.424 e. The molecule has 0 aliphatic carbocycles. The molecular formula is C14H23O3P. The van der Waals surface area contributed by atoms with Crippen molar-refractivity contribution in [2.45, 2.75) is 39.5 Å². The highest BCUT2D eigenvalue weighted by Gasteiger charge is 2.25. The lowest BCUT2D eigenvalue weighted by Gasteiger charge is -2.19. The summed E-state index contributed by atoms with van der Waals surface area (Å²) in [6.07, 6.45) is 4.38. The number of benzene rings is 1. The fourth-order valence-corrected chi connectivity index (χ4v) is 3.55. The van der Waals surface area contributed by atoms with E-state index in [-0.39, 0.29) is 12.1 Å². The Labute approximate surface area is 110 Å². The summed E-state index contributed by atoms with van der Waals surface area (Å²) in [5.41, 5.74) is 0. The maximum Gasteiger partial charge on any atom is 0.376 e. The maximum atomic E-state index is 12.0. The molecule has 0 bridgehead atoms. The van der Waals surface area contributed by atoms with Crippen LogP contribution in [0.4, 0.5) is 0 Å². The predicted octanol–water partition coefficient (Wildman–Crippen LogP) is 4.47. The molecule has 0 radical (unpaired) electrons. The molecule has 4 heteroatoms. The monoisotopic (exact) mass is 270 g/mol. The standard InChI is InChI=1S/C14H23O3P/c1-3-5-9-13(4-2)12-18(15,16)17-14-10-7-6-8-11-14/h6-8,10-11,13H,3-5,9,12H2,1-2H3,(H,15,16). The molecule has 0 saturated carbocycles. The number of hydrogen-bond donors (Lipinski definition) is 1. The van der Waals surface area contributed by atoms with Crippen molar-refractivity contribution < 1.29 is 14.0 Å². The highest BCUT2D eigenvalue weighted by molar-refractivity contribution is 7.53. The maximum absolute atomic E-state index is 12.0. The van der Waals surface area contributed by atoms with E-state index in [1.807, 2.05) is 6.07 Å². The van der Waals surface area contributed by atoms with Crippen molar-refractivity contribution in [3.05, 3.63) is 30.3 Å². The lowest BCUT2D eigenvalue weighted by Crippen LogP contribution is -2.09. The lowest BCUT2D eigenvalue weighted by atomic mass is 10.0. The topological polar surface area (TPSA) is 46.5 Å². The van der Waals surface area contributed by atoms with Gasteiger partial charge in [0.15, 0.2) is 0 Å². The second kappa shape index (κ2) is 7.60. The van der Waals surface area contributed by atoms with Gasteiger partial charge in [0, 0.05) is 0 Å². The van der Waals surface area contributed by atoms with Crippen LogP contribution in [0.2, 0.25) is 0 Å². The third kappa shape index (κ3) is 5.70. The van der Waals surface area contributed by atoms with Crippen molar-refractivity contribution in [2.75, 3.05) is 6.16 Å². The predicted molar refractivity (Wildman–Crippen MR) is 75.1 cm³/mol. The van der Waals surface area contributed by atoms with Gasteiger partial charge in [-0.25, -0.2) is 4.57 Å². The van der Waals surface area contributed by atoms with E-state index in [0.29, 0.717) is 5.75 Å². The van der Waals surface area contributed by atoms with Gasteiger partial charge in [-0.3, -0.25) is 0 Å². The summed E-state index contributed by atoms with van der Waals surface area (Å²) < 4.78 is 17.3. The molecule has 1 N–H and O–H groups in total. The minimum absolute atomic E-state index is 0.248. The van der Waals surface area contributed by atoms with E-state index in [1.54, 1.807) is 24.3 Å². The molecule has 102 valence electrons. The number of rotatable bonds is 8. The Kier molecular flexibility index (Phi) is 6.45. The minimum atomic E-state index is -3.53. The fraction of sp³-hybridized carbons (Fsp3) is 0.571. The van der Waals surface area contributed by atoms with Crippen LogP contribution in [-0.2, 0) is 4.57 Å². The normalized spacial score (nSPS) is 15.9. The summed E-state index contributed by atoms with van der Waals surface area (Å²) in [6.45, 7) is 4.19. The third-order valence-electron chi connectivity index (χ3n) is 3.02. The van der Waals surface area contributed by atoms with E-state index in [0.717, 1.165) is 25.7 Å². The van der Waals surface area contributed by atoms with E-state index in [1.165, 1.54) is 0 Å². The van der Waals surface area contributed by atoms with E-state index in [9.17, 15) is 9.46 Å². The van der Waals surface area contributed by atoms with Crippen LogP contribution in [0.3, 0.4) is 0 Å². The van der Waals surface area contributed by atoms with Crippen LogP contribution < -0.4 is 4.52 Å². The second-order valence-corrected chi connectivity index (χ2v) is 6.46. The molecule has 0 fully saturated rings. The molecule has 0 aliphatic rings. The van der Waals surface area contributed by atoms with Gasteiger partial charge in [-0.2, -0.15) is 0 Å². The Balaban J connectivity index is 2.55. The van der Waals surface area contributed by atoms with Gasteiger partial charge in [-0.1, -0.05) is 51.3 Å². The molecule has 0 aromatic heterocycles. The van der Waals surface area contributed by atoms with Gasteiger partial charge in [0.1, 0.15) is 5.75 Å². The molecule has 1 rings (SSSR count). The Hall–Kier alpha value is -0.790. The zero-order valence-electron chi connectivity index (χ0n) is 11.2. The molecule has 1 aromatic rings. The summed E-state index contributed by atoms with van der Waals surface area (Å²) in [5, 5.41) is 0. The SMILES string of the molecule is CCCCC(CC)CP(=O)(O)Oc1ccccc1. The molecule has 18 heavy (non-hydrogen) atoms. The van der Waals surface area contributed by atoms with Crippen LogP contribution in [-0.4, -0.2) is 11.1 Å². The molecule has 1 aromatic carbocycles. The smallest absolute Gasteiger partial charge is 0.376 e. The molecule has 0 spiro atoms. The van der Waals surface area contributed by atoms with Crippen molar-refractivity contribution >= 4 is 7.60 Å². The summed E-state index contributed by atoms with van der Waals surface area (Å²) >= 11 is 0. The zero-order valence-corrected chi connectivity index (χ0v) is 12.1. The second-order valence-electron chi connectivity index (χ2n) is 4.64. The first-order chi connectivity index (χ1) is 8.57. The largest absolute Gasteiger partial charge is 0.424 e. The Morgan fingerprint density at radius 1 is 1.28 bits per heavy atom. The van der Waals surface area contributed by atoms with Gasteiger partial charge < -0.3 is 9.42 Å². The van der Waals surface area contributed by atoms with Crippen LogP contribution in [0.5, 0.6) is 5.75 Å². The Morgan fingerprint density at radius 3 is 2.50 bits per heavy atom. The average molecular weight is 270 g/mol. The van der Waals surface area contributed by atoms with Crippen molar-refractivity contribution in [2.24, 2.45) is 5.92 Å². The Bertz CT molecular complexity index is 378. The summed E-state index contributed by atoms with van der Waals surface area (Å²) in [5.74, 6) is 0.734. The first kappa shape index (κ1) is 15.3. The highest BCUT2D eigenvalue weighted by atomic mass is 31.2. The molecule has 0 saturated heterocycles. The fourth-order valence-electron chi connectivity index (χ4n) is 1.93. The summed E-state index contributed by atoms with van der Waals surface area (Å²) in [7, 11) is -3.53.